The number of rotatable bonds is 2. The molecule has 1 saturated carbocycles. The summed E-state index contributed by atoms with van der Waals surface area (Å²) in [7, 11) is 0. The molecule has 2 unspecified atom stereocenters. The van der Waals surface area contributed by atoms with Crippen molar-refractivity contribution >= 4 is 16.4 Å². The van der Waals surface area contributed by atoms with E-state index in [2.05, 4.69) is 20.2 Å². The molecule has 1 aliphatic heterocycles. The molecule has 0 radical (unpaired) electrons. The van der Waals surface area contributed by atoms with Crippen LogP contribution in [-0.4, -0.2) is 33.5 Å². The van der Waals surface area contributed by atoms with Crippen molar-refractivity contribution in [3.05, 3.63) is 10.4 Å². The monoisotopic (exact) mass is 269 g/mol. The molecule has 2 fully saturated rings. The van der Waals surface area contributed by atoms with Gasteiger partial charge in [0.05, 0.1) is 6.67 Å². The molecule has 1 aliphatic carbocycles. The van der Waals surface area contributed by atoms with Gasteiger partial charge in [-0.05, 0) is 37.1 Å². The Morgan fingerprint density at radius 1 is 1.39 bits per heavy atom. The Bertz CT molecular complexity index is 387. The molecule has 1 N–H and O–H groups in total. The Hall–Kier alpha value is -0.880. The van der Waals surface area contributed by atoms with E-state index in [1.807, 2.05) is 0 Å². The fourth-order valence-corrected chi connectivity index (χ4v) is 3.64. The van der Waals surface area contributed by atoms with Gasteiger partial charge >= 0.3 is 0 Å². The fourth-order valence-electron chi connectivity index (χ4n) is 3.19. The lowest BCUT2D eigenvalue weighted by atomic mass is 9.78. The van der Waals surface area contributed by atoms with Gasteiger partial charge in [-0.25, -0.2) is 4.21 Å². The topological polar surface area (TPSA) is 81.1 Å². The maximum Gasteiger partial charge on any atom is 0.157 e. The lowest BCUT2D eigenvalue weighted by Crippen LogP contribution is -2.53. The van der Waals surface area contributed by atoms with Gasteiger partial charge in [-0.3, -0.25) is 10.2 Å². The van der Waals surface area contributed by atoms with Crippen LogP contribution in [0.3, 0.4) is 0 Å². The van der Waals surface area contributed by atoms with Crippen LogP contribution in [0.15, 0.2) is 5.11 Å². The first-order chi connectivity index (χ1) is 8.86. The van der Waals surface area contributed by atoms with Crippen LogP contribution < -0.4 is 5.32 Å². The average Bonchev–Trinajstić information content (AvgIpc) is 2.43. The fraction of sp³-hybridized carbons (Fsp3) is 0.909. The van der Waals surface area contributed by atoms with Crippen molar-refractivity contribution < 1.29 is 4.21 Å². The summed E-state index contributed by atoms with van der Waals surface area (Å²) in [6.07, 6.45) is 7.47. The molecule has 2 aliphatic rings. The molecule has 0 aromatic carbocycles. The molecule has 2 rings (SSSR count). The van der Waals surface area contributed by atoms with E-state index in [4.69, 9.17) is 5.53 Å². The predicted molar refractivity (Wildman–Crippen MR) is 72.0 cm³/mol. The highest BCUT2D eigenvalue weighted by molar-refractivity contribution is 7.66. The van der Waals surface area contributed by atoms with Gasteiger partial charge in [0.15, 0.2) is 5.11 Å². The van der Waals surface area contributed by atoms with E-state index in [1.165, 1.54) is 32.1 Å². The van der Waals surface area contributed by atoms with Crippen LogP contribution in [0.2, 0.25) is 0 Å². The second kappa shape index (κ2) is 6.89. The molecule has 18 heavy (non-hydrogen) atoms. The molecule has 1 saturated heterocycles. The van der Waals surface area contributed by atoms with E-state index in [0.29, 0.717) is 22.4 Å². The van der Waals surface area contributed by atoms with Crippen LogP contribution in [0, 0.1) is 5.92 Å². The number of azide groups is 1. The number of likely N-dealkylation sites (tertiary alicyclic amines) is 1. The highest BCUT2D eigenvalue weighted by Gasteiger charge is 2.35. The van der Waals surface area contributed by atoms with Gasteiger partial charge < -0.3 is 0 Å². The number of piperidine rings is 1. The van der Waals surface area contributed by atoms with E-state index in [-0.39, 0.29) is 6.67 Å². The minimum Gasteiger partial charge on any atom is -0.262 e. The predicted octanol–water partition coefficient (Wildman–Crippen LogP) is 1.80. The molecular formula is C11H19N5OS. The molecule has 100 valence electrons. The standard InChI is InChI=1S/C11H19N5OS/c12-15-14-8-13-11(18-17)16-7-3-5-9-4-1-2-6-10(9)16/h9-10,13H,1-8H2. The Morgan fingerprint density at radius 3 is 2.94 bits per heavy atom. The van der Waals surface area contributed by atoms with Gasteiger partial charge in [-0.2, -0.15) is 0 Å². The smallest absolute Gasteiger partial charge is 0.157 e. The normalized spacial score (nSPS) is 28.0. The molecule has 6 nitrogen and oxygen atoms in total. The first-order valence-electron chi connectivity index (χ1n) is 6.55. The number of hydrogen-bond acceptors (Lipinski definition) is 2. The molecule has 0 aromatic heterocycles. The number of fused-ring (bicyclic) bond motifs is 1. The number of nitrogens with one attached hydrogen (secondary N) is 1. The first-order valence-corrected chi connectivity index (χ1v) is 7.29. The average molecular weight is 269 g/mol. The molecule has 0 amide bonds. The van der Waals surface area contributed by atoms with Gasteiger partial charge in [-0.15, -0.1) is 0 Å². The number of hydrogen-bond donors (Lipinski definition) is 1. The zero-order valence-electron chi connectivity index (χ0n) is 10.4. The Kier molecular flexibility index (Phi) is 5.19. The first kappa shape index (κ1) is 13.5. The third-order valence-electron chi connectivity index (χ3n) is 3.95. The summed E-state index contributed by atoms with van der Waals surface area (Å²) in [5, 5.41) is 7.00. The van der Waals surface area contributed by atoms with Crippen molar-refractivity contribution in [2.24, 2.45) is 11.0 Å². The lowest BCUT2D eigenvalue weighted by molar-refractivity contribution is 0.118. The van der Waals surface area contributed by atoms with Gasteiger partial charge in [0.1, 0.15) is 11.3 Å². The van der Waals surface area contributed by atoms with Crippen molar-refractivity contribution in [1.82, 2.24) is 10.2 Å². The summed E-state index contributed by atoms with van der Waals surface area (Å²) in [6.45, 7) is 1.09. The molecule has 2 atom stereocenters. The van der Waals surface area contributed by atoms with Crippen molar-refractivity contribution in [2.45, 2.75) is 44.6 Å². The minimum absolute atomic E-state index is 0.148. The third kappa shape index (κ3) is 3.11. The van der Waals surface area contributed by atoms with Crippen LogP contribution >= 0.6 is 0 Å². The third-order valence-corrected chi connectivity index (χ3v) is 4.48. The minimum atomic E-state index is 0.148. The van der Waals surface area contributed by atoms with Gasteiger partial charge in [0, 0.05) is 17.5 Å². The second-order valence-electron chi connectivity index (χ2n) is 4.90. The highest BCUT2D eigenvalue weighted by Crippen LogP contribution is 2.34. The lowest BCUT2D eigenvalue weighted by Gasteiger charge is -2.43. The Morgan fingerprint density at radius 2 is 2.17 bits per heavy atom. The van der Waals surface area contributed by atoms with Gasteiger partial charge in [-0.1, -0.05) is 18.0 Å². The van der Waals surface area contributed by atoms with Crippen molar-refractivity contribution in [2.75, 3.05) is 13.2 Å². The van der Waals surface area contributed by atoms with Gasteiger partial charge in [0.2, 0.25) is 0 Å². The summed E-state index contributed by atoms with van der Waals surface area (Å²) < 4.78 is 11.2. The second-order valence-corrected chi connectivity index (χ2v) is 5.46. The SMILES string of the molecule is [N-]=[N+]=NCNC(=S=O)N1CCCC2CCCCC21. The summed E-state index contributed by atoms with van der Waals surface area (Å²) in [5.74, 6) is 0.732. The summed E-state index contributed by atoms with van der Waals surface area (Å²) in [6, 6.07) is 0.502. The largest absolute Gasteiger partial charge is 0.262 e. The van der Waals surface area contributed by atoms with Crippen LogP contribution in [0.4, 0.5) is 0 Å². The Balaban J connectivity index is 2.04. The van der Waals surface area contributed by atoms with Crippen LogP contribution in [0.25, 0.3) is 10.4 Å². The quantitative estimate of drug-likeness (QED) is 0.359. The molecular weight excluding hydrogens is 250 g/mol. The van der Waals surface area contributed by atoms with Crippen molar-refractivity contribution in [1.29, 1.82) is 0 Å². The summed E-state index contributed by atoms with van der Waals surface area (Å²) in [4.78, 5) is 4.89. The zero-order valence-corrected chi connectivity index (χ0v) is 11.2. The van der Waals surface area contributed by atoms with Crippen molar-refractivity contribution in [3.63, 3.8) is 0 Å². The van der Waals surface area contributed by atoms with E-state index in [1.54, 1.807) is 0 Å². The van der Waals surface area contributed by atoms with Gasteiger partial charge in [0.25, 0.3) is 0 Å². The van der Waals surface area contributed by atoms with Crippen LogP contribution in [0.5, 0.6) is 0 Å². The zero-order chi connectivity index (χ0) is 12.8. The van der Waals surface area contributed by atoms with Crippen LogP contribution in [0.1, 0.15) is 38.5 Å². The summed E-state index contributed by atoms with van der Waals surface area (Å²) >= 11 is 0.481. The highest BCUT2D eigenvalue weighted by atomic mass is 32.1. The van der Waals surface area contributed by atoms with Crippen molar-refractivity contribution in [3.8, 4) is 0 Å². The maximum absolute atomic E-state index is 11.2. The molecule has 0 spiro atoms. The molecule has 7 heteroatoms. The molecule has 1 heterocycles. The van der Waals surface area contributed by atoms with E-state index < -0.39 is 0 Å². The van der Waals surface area contributed by atoms with E-state index in [0.717, 1.165) is 18.9 Å². The Labute approximate surface area is 110 Å². The van der Waals surface area contributed by atoms with Crippen LogP contribution in [-0.2, 0) is 11.3 Å². The molecule has 0 aromatic rings. The summed E-state index contributed by atoms with van der Waals surface area (Å²) in [5.41, 5.74) is 8.26. The molecule has 0 bridgehead atoms. The maximum atomic E-state index is 11.2. The number of nitrogens with zero attached hydrogens (tertiary/aromatic N) is 4. The van der Waals surface area contributed by atoms with E-state index >= 15 is 0 Å². The van der Waals surface area contributed by atoms with E-state index in [9.17, 15) is 4.21 Å².